The number of hydrogen-bond donors (Lipinski definition) is 3. The number of nitrogens with one attached hydrogen (secondary N) is 2. The summed E-state index contributed by atoms with van der Waals surface area (Å²) in [7, 11) is -1.60. The molecule has 1 amide bonds. The second-order valence-corrected chi connectivity index (χ2v) is 7.77. The zero-order valence-corrected chi connectivity index (χ0v) is 18.4. The van der Waals surface area contributed by atoms with Crippen LogP contribution < -0.4 is 16.4 Å². The van der Waals surface area contributed by atoms with Gasteiger partial charge in [-0.25, -0.2) is 8.42 Å². The van der Waals surface area contributed by atoms with E-state index in [4.69, 9.17) is 10.2 Å². The molecule has 1 aromatic carbocycles. The van der Waals surface area contributed by atoms with Crippen molar-refractivity contribution in [2.45, 2.75) is 24.9 Å². The van der Waals surface area contributed by atoms with Gasteiger partial charge in [-0.05, 0) is 36.2 Å². The number of aryl methyl sites for hydroxylation is 1. The van der Waals surface area contributed by atoms with Crippen molar-refractivity contribution in [3.05, 3.63) is 53.0 Å². The largest absolute Gasteiger partial charge is 0.454 e. The first-order valence-electron chi connectivity index (χ1n) is 7.83. The number of nitrogens with two attached hydrogens (primary N) is 1. The van der Waals surface area contributed by atoms with Crippen molar-refractivity contribution in [2.75, 3.05) is 13.3 Å². The number of carbonyl (C=O) groups is 1. The van der Waals surface area contributed by atoms with Crippen molar-refractivity contribution in [1.29, 1.82) is 0 Å². The van der Waals surface area contributed by atoms with E-state index in [9.17, 15) is 13.2 Å². The molecule has 0 aliphatic heterocycles. The van der Waals surface area contributed by atoms with Crippen molar-refractivity contribution in [3.63, 3.8) is 0 Å². The summed E-state index contributed by atoms with van der Waals surface area (Å²) in [5.41, 5.74) is 6.77. The Bertz CT molecular complexity index is 938. The summed E-state index contributed by atoms with van der Waals surface area (Å²) in [5.74, 6) is 0.569. The average Bonchev–Trinajstić information content (AvgIpc) is 3.03. The highest BCUT2D eigenvalue weighted by Gasteiger charge is 2.11. The van der Waals surface area contributed by atoms with Gasteiger partial charge in [0.1, 0.15) is 5.76 Å². The summed E-state index contributed by atoms with van der Waals surface area (Å²) >= 11 is 0. The van der Waals surface area contributed by atoms with Crippen molar-refractivity contribution < 1.29 is 17.6 Å². The molecule has 10 heteroatoms. The fourth-order valence-electron chi connectivity index (χ4n) is 2.42. The Morgan fingerprint density at radius 3 is 2.37 bits per heavy atom. The van der Waals surface area contributed by atoms with E-state index < -0.39 is 15.7 Å². The Morgan fingerprint density at radius 2 is 1.85 bits per heavy atom. The molecule has 0 spiro atoms. The van der Waals surface area contributed by atoms with Crippen LogP contribution in [0, 0.1) is 6.92 Å². The molecule has 4 N–H and O–H groups in total. The molecule has 0 fully saturated rings. The summed E-state index contributed by atoms with van der Waals surface area (Å²) in [4.78, 5) is 15.4. The van der Waals surface area contributed by atoms with Gasteiger partial charge in [-0.2, -0.15) is 0 Å². The molecule has 0 radical (unpaired) electrons. The third-order valence-electron chi connectivity index (χ3n) is 3.66. The number of carbonyl (C=O) groups excluding carboxylic acids is 1. The SMILES string of the molecule is CN=C(NCc1ccc(S(C)(=O)=O)c(C)c1)NCc1ccc(C(N)=O)o1.I. The highest BCUT2D eigenvalue weighted by atomic mass is 127. The monoisotopic (exact) mass is 506 g/mol. The third-order valence-corrected chi connectivity index (χ3v) is 4.91. The maximum absolute atomic E-state index is 11.7. The topological polar surface area (TPSA) is 127 Å². The van der Waals surface area contributed by atoms with Crippen LogP contribution in [0.4, 0.5) is 0 Å². The standard InChI is InChI=1S/C17H22N4O4S.HI/c1-11-8-12(4-7-15(11)26(3,23)24)9-20-17(19-2)21-10-13-5-6-14(25-13)16(18)22;/h4-8H,9-10H2,1-3H3,(H2,18,22)(H2,19,20,21);1H. The number of amides is 1. The molecule has 0 bridgehead atoms. The number of sulfone groups is 1. The molecule has 0 saturated carbocycles. The van der Waals surface area contributed by atoms with Gasteiger partial charge in [-0.3, -0.25) is 9.79 Å². The summed E-state index contributed by atoms with van der Waals surface area (Å²) < 4.78 is 28.6. The van der Waals surface area contributed by atoms with Crippen LogP contribution in [0.1, 0.15) is 27.4 Å². The van der Waals surface area contributed by atoms with Crippen LogP contribution in [-0.2, 0) is 22.9 Å². The molecule has 8 nitrogen and oxygen atoms in total. The van der Waals surface area contributed by atoms with Gasteiger partial charge in [-0.1, -0.05) is 12.1 Å². The fraction of sp³-hybridized carbons (Fsp3) is 0.294. The fourth-order valence-corrected chi connectivity index (χ4v) is 3.38. The summed E-state index contributed by atoms with van der Waals surface area (Å²) in [6, 6.07) is 8.36. The maximum atomic E-state index is 11.7. The van der Waals surface area contributed by atoms with E-state index >= 15 is 0 Å². The molecule has 2 rings (SSSR count). The molecule has 148 valence electrons. The van der Waals surface area contributed by atoms with Gasteiger partial charge < -0.3 is 20.8 Å². The lowest BCUT2D eigenvalue weighted by Gasteiger charge is -2.12. The second kappa shape index (κ2) is 9.74. The number of benzene rings is 1. The molecule has 0 aliphatic rings. The van der Waals surface area contributed by atoms with Crippen LogP contribution in [0.15, 0.2) is 44.6 Å². The van der Waals surface area contributed by atoms with Gasteiger partial charge in [0, 0.05) is 19.8 Å². The van der Waals surface area contributed by atoms with E-state index in [0.29, 0.717) is 35.3 Å². The van der Waals surface area contributed by atoms with E-state index in [1.807, 2.05) is 6.07 Å². The smallest absolute Gasteiger partial charge is 0.284 e. The minimum absolute atomic E-state index is 0. The molecule has 0 unspecified atom stereocenters. The molecule has 0 atom stereocenters. The number of hydrogen-bond acceptors (Lipinski definition) is 5. The number of primary amides is 1. The van der Waals surface area contributed by atoms with Crippen LogP contribution in [0.2, 0.25) is 0 Å². The highest BCUT2D eigenvalue weighted by Crippen LogP contribution is 2.16. The molecular weight excluding hydrogens is 483 g/mol. The van der Waals surface area contributed by atoms with E-state index in [1.165, 1.54) is 12.3 Å². The van der Waals surface area contributed by atoms with Gasteiger partial charge in [0.15, 0.2) is 21.6 Å². The minimum Gasteiger partial charge on any atom is -0.454 e. The first-order chi connectivity index (χ1) is 12.2. The molecule has 27 heavy (non-hydrogen) atoms. The van der Waals surface area contributed by atoms with E-state index in [1.54, 1.807) is 32.2 Å². The molecule has 1 aromatic heterocycles. The number of aliphatic imine (C=N–C) groups is 1. The van der Waals surface area contributed by atoms with Crippen LogP contribution in [0.25, 0.3) is 0 Å². The van der Waals surface area contributed by atoms with E-state index in [-0.39, 0.29) is 29.7 Å². The van der Waals surface area contributed by atoms with Gasteiger partial charge in [0.05, 0.1) is 11.4 Å². The number of halogens is 1. The minimum atomic E-state index is -3.23. The highest BCUT2D eigenvalue weighted by molar-refractivity contribution is 14.0. The van der Waals surface area contributed by atoms with E-state index in [2.05, 4.69) is 15.6 Å². The molecular formula is C17H23IN4O4S. The molecule has 0 aliphatic carbocycles. The summed E-state index contributed by atoms with van der Waals surface area (Å²) in [5, 5.41) is 6.18. The number of rotatable bonds is 6. The van der Waals surface area contributed by atoms with Crippen molar-refractivity contribution >= 4 is 45.7 Å². The number of nitrogens with zero attached hydrogens (tertiary/aromatic N) is 1. The van der Waals surface area contributed by atoms with Crippen molar-refractivity contribution in [1.82, 2.24) is 10.6 Å². The Hall–Kier alpha value is -2.08. The Balaban J connectivity index is 0.00000364. The normalized spacial score (nSPS) is 11.6. The van der Waals surface area contributed by atoms with Crippen molar-refractivity contribution in [2.24, 2.45) is 10.7 Å². The lowest BCUT2D eigenvalue weighted by molar-refractivity contribution is 0.0972. The first-order valence-corrected chi connectivity index (χ1v) is 9.72. The Kier molecular flexibility index (Phi) is 8.28. The average molecular weight is 506 g/mol. The van der Waals surface area contributed by atoms with Gasteiger partial charge >= 0.3 is 0 Å². The molecule has 1 heterocycles. The Morgan fingerprint density at radius 1 is 1.19 bits per heavy atom. The van der Waals surface area contributed by atoms with Crippen LogP contribution in [0.5, 0.6) is 0 Å². The first kappa shape index (κ1) is 23.0. The third kappa shape index (κ3) is 6.54. The quantitative estimate of drug-likeness (QED) is 0.310. The zero-order chi connectivity index (χ0) is 19.3. The summed E-state index contributed by atoms with van der Waals surface area (Å²) in [6.45, 7) is 2.56. The van der Waals surface area contributed by atoms with Crippen LogP contribution >= 0.6 is 24.0 Å². The van der Waals surface area contributed by atoms with Crippen molar-refractivity contribution in [3.8, 4) is 0 Å². The second-order valence-electron chi connectivity index (χ2n) is 5.78. The van der Waals surface area contributed by atoms with Crippen LogP contribution in [-0.4, -0.2) is 33.6 Å². The Labute approximate surface area is 175 Å². The maximum Gasteiger partial charge on any atom is 0.284 e. The zero-order valence-electron chi connectivity index (χ0n) is 15.3. The number of furan rings is 1. The molecule has 2 aromatic rings. The van der Waals surface area contributed by atoms with Gasteiger partial charge in [0.25, 0.3) is 5.91 Å². The molecule has 0 saturated heterocycles. The predicted octanol–water partition coefficient (Wildman–Crippen LogP) is 1.57. The summed E-state index contributed by atoms with van der Waals surface area (Å²) in [6.07, 6.45) is 1.19. The van der Waals surface area contributed by atoms with Gasteiger partial charge in [-0.15, -0.1) is 24.0 Å². The lowest BCUT2D eigenvalue weighted by Crippen LogP contribution is -2.36. The lowest BCUT2D eigenvalue weighted by atomic mass is 10.1. The van der Waals surface area contributed by atoms with E-state index in [0.717, 1.165) is 5.56 Å². The number of guanidine groups is 1. The van der Waals surface area contributed by atoms with Gasteiger partial charge in [0.2, 0.25) is 0 Å². The van der Waals surface area contributed by atoms with Crippen LogP contribution in [0.3, 0.4) is 0 Å². The predicted molar refractivity (Wildman–Crippen MR) is 114 cm³/mol.